The molecule has 0 saturated carbocycles. The molecule has 2 aromatic rings. The summed E-state index contributed by atoms with van der Waals surface area (Å²) in [6.45, 7) is 1.98. The van der Waals surface area contributed by atoms with Gasteiger partial charge in [-0.2, -0.15) is 0 Å². The lowest BCUT2D eigenvalue weighted by atomic mass is 10.2. The largest absolute Gasteiger partial charge is 0.464 e. The molecule has 16 heavy (non-hydrogen) atoms. The number of hydrogen-bond donors (Lipinski definition) is 2. The molecule has 0 amide bonds. The summed E-state index contributed by atoms with van der Waals surface area (Å²) in [5.74, 6) is -0.421. The van der Waals surface area contributed by atoms with E-state index in [2.05, 4.69) is 9.97 Å². The molecule has 2 rings (SSSR count). The van der Waals surface area contributed by atoms with Crippen molar-refractivity contribution in [2.45, 2.75) is 6.92 Å². The van der Waals surface area contributed by atoms with E-state index in [1.165, 1.54) is 7.11 Å². The predicted octanol–water partition coefficient (Wildman–Crippen LogP) is 2.90. The topological polar surface area (TPSA) is 57.9 Å². The van der Waals surface area contributed by atoms with Crippen molar-refractivity contribution in [3.8, 4) is 10.6 Å². The summed E-state index contributed by atoms with van der Waals surface area (Å²) in [5, 5.41) is 1.97. The molecule has 0 fully saturated rings. The normalized spacial score (nSPS) is 10.4. The summed E-state index contributed by atoms with van der Waals surface area (Å²) >= 11 is 6.54. The van der Waals surface area contributed by atoms with Crippen LogP contribution in [0.3, 0.4) is 0 Å². The number of carbonyl (C=O) groups excluding carboxylic acids is 1. The maximum Gasteiger partial charge on any atom is 0.356 e. The first-order chi connectivity index (χ1) is 7.63. The van der Waals surface area contributed by atoms with E-state index in [-0.39, 0.29) is 0 Å². The summed E-state index contributed by atoms with van der Waals surface area (Å²) in [5.41, 5.74) is 2.17. The molecular weight excluding hydrogens is 244 g/mol. The van der Waals surface area contributed by atoms with E-state index in [0.717, 1.165) is 10.4 Å². The molecule has 0 aliphatic carbocycles. The van der Waals surface area contributed by atoms with Crippen molar-refractivity contribution in [2.24, 2.45) is 0 Å². The van der Waals surface area contributed by atoms with Crippen LogP contribution in [0.4, 0.5) is 0 Å². The van der Waals surface area contributed by atoms with Gasteiger partial charge in [0.15, 0.2) is 10.5 Å². The fourth-order valence-corrected chi connectivity index (χ4v) is 2.57. The minimum Gasteiger partial charge on any atom is -0.464 e. The van der Waals surface area contributed by atoms with Crippen LogP contribution in [0.25, 0.3) is 10.6 Å². The van der Waals surface area contributed by atoms with Gasteiger partial charge in [0.1, 0.15) is 0 Å². The van der Waals surface area contributed by atoms with Crippen LogP contribution < -0.4 is 0 Å². The number of imidazole rings is 1. The van der Waals surface area contributed by atoms with Crippen molar-refractivity contribution in [2.75, 3.05) is 7.11 Å². The zero-order valence-corrected chi connectivity index (χ0v) is 10.4. The van der Waals surface area contributed by atoms with Gasteiger partial charge in [0.05, 0.1) is 17.7 Å². The fraction of sp³-hybridized carbons (Fsp3) is 0.200. The van der Waals surface area contributed by atoms with Crippen LogP contribution in [0.15, 0.2) is 11.4 Å². The first kappa shape index (κ1) is 11.1. The number of aryl methyl sites for hydroxylation is 1. The number of aromatic amines is 2. The Balaban J connectivity index is 2.61. The van der Waals surface area contributed by atoms with Gasteiger partial charge in [-0.3, -0.25) is 0 Å². The highest BCUT2D eigenvalue weighted by Gasteiger charge is 2.18. The van der Waals surface area contributed by atoms with Gasteiger partial charge in [-0.1, -0.05) is 0 Å². The second-order valence-electron chi connectivity index (χ2n) is 3.25. The molecule has 0 bridgehead atoms. The number of H-pyrrole nitrogens is 2. The lowest BCUT2D eigenvalue weighted by Crippen LogP contribution is -2.03. The summed E-state index contributed by atoms with van der Waals surface area (Å²) in [6, 6.07) is 1.99. The lowest BCUT2D eigenvalue weighted by molar-refractivity contribution is 0.0595. The standard InChI is InChI=1S/C10H10N2O2S2/c1-5-3-4-16-8(5)6-7(9(13)14-2)12-10(15)11-6/h3-4H,1-2H3,(H2,11,12,15). The predicted molar refractivity (Wildman–Crippen MR) is 65.4 cm³/mol. The SMILES string of the molecule is COC(=O)c1[nH]c(=S)[nH]c1-c1sccc1C. The molecule has 0 aliphatic heterocycles. The van der Waals surface area contributed by atoms with E-state index in [9.17, 15) is 4.79 Å². The number of aromatic nitrogens is 2. The Kier molecular flexibility index (Phi) is 2.93. The number of rotatable bonds is 2. The van der Waals surface area contributed by atoms with Crippen LogP contribution in [0.1, 0.15) is 16.1 Å². The van der Waals surface area contributed by atoms with Crippen molar-refractivity contribution < 1.29 is 9.53 Å². The smallest absolute Gasteiger partial charge is 0.356 e. The molecule has 4 nitrogen and oxygen atoms in total. The second-order valence-corrected chi connectivity index (χ2v) is 4.58. The molecule has 6 heteroatoms. The number of esters is 1. The van der Waals surface area contributed by atoms with Gasteiger partial charge in [0.2, 0.25) is 0 Å². The molecule has 0 unspecified atom stereocenters. The first-order valence-electron chi connectivity index (χ1n) is 4.58. The van der Waals surface area contributed by atoms with Crippen LogP contribution in [0, 0.1) is 11.7 Å². The molecule has 84 valence electrons. The van der Waals surface area contributed by atoms with E-state index < -0.39 is 5.97 Å². The molecule has 0 saturated heterocycles. The highest BCUT2D eigenvalue weighted by atomic mass is 32.1. The number of nitrogens with one attached hydrogen (secondary N) is 2. The lowest BCUT2D eigenvalue weighted by Gasteiger charge is -2.00. The van der Waals surface area contributed by atoms with Gasteiger partial charge >= 0.3 is 5.97 Å². The van der Waals surface area contributed by atoms with E-state index in [4.69, 9.17) is 17.0 Å². The third-order valence-electron chi connectivity index (χ3n) is 2.21. The van der Waals surface area contributed by atoms with Gasteiger partial charge in [-0.05, 0) is 36.2 Å². The molecule has 0 spiro atoms. The Labute approximate surface area is 101 Å². The van der Waals surface area contributed by atoms with Crippen LogP contribution in [-0.4, -0.2) is 23.0 Å². The maximum atomic E-state index is 11.5. The molecule has 0 atom stereocenters. The Hall–Kier alpha value is -1.40. The number of methoxy groups -OCH3 is 1. The molecule has 2 aromatic heterocycles. The summed E-state index contributed by atoms with van der Waals surface area (Å²) < 4.78 is 5.12. The molecular formula is C10H10N2O2S2. The summed E-state index contributed by atoms with van der Waals surface area (Å²) in [7, 11) is 1.34. The Morgan fingerprint density at radius 1 is 1.50 bits per heavy atom. The number of carbonyl (C=O) groups is 1. The van der Waals surface area contributed by atoms with Crippen LogP contribution >= 0.6 is 23.6 Å². The van der Waals surface area contributed by atoms with Gasteiger partial charge in [-0.15, -0.1) is 11.3 Å². The molecule has 0 radical (unpaired) electrons. The fourth-order valence-electron chi connectivity index (χ4n) is 1.44. The van der Waals surface area contributed by atoms with E-state index >= 15 is 0 Å². The van der Waals surface area contributed by atoms with Crippen LogP contribution in [0.5, 0.6) is 0 Å². The van der Waals surface area contributed by atoms with Crippen molar-refractivity contribution in [1.82, 2.24) is 9.97 Å². The Bertz CT molecular complexity index is 580. The van der Waals surface area contributed by atoms with Crippen molar-refractivity contribution >= 4 is 29.5 Å². The summed E-state index contributed by atoms with van der Waals surface area (Å²) in [6.07, 6.45) is 0. The first-order valence-corrected chi connectivity index (χ1v) is 5.87. The third kappa shape index (κ3) is 1.81. The highest BCUT2D eigenvalue weighted by Crippen LogP contribution is 2.29. The van der Waals surface area contributed by atoms with E-state index in [1.54, 1.807) is 11.3 Å². The Morgan fingerprint density at radius 3 is 2.81 bits per heavy atom. The quantitative estimate of drug-likeness (QED) is 0.640. The second kappa shape index (κ2) is 4.23. The molecule has 0 aliphatic rings. The molecule has 0 aromatic carbocycles. The average molecular weight is 254 g/mol. The number of hydrogen-bond acceptors (Lipinski definition) is 4. The Morgan fingerprint density at radius 2 is 2.25 bits per heavy atom. The van der Waals surface area contributed by atoms with Gasteiger partial charge < -0.3 is 14.7 Å². The van der Waals surface area contributed by atoms with Crippen molar-refractivity contribution in [3.63, 3.8) is 0 Å². The van der Waals surface area contributed by atoms with Crippen LogP contribution in [-0.2, 0) is 4.74 Å². The van der Waals surface area contributed by atoms with Gasteiger partial charge in [-0.25, -0.2) is 4.79 Å². The summed E-state index contributed by atoms with van der Waals surface area (Å²) in [4.78, 5) is 18.3. The number of thiophene rings is 1. The number of ether oxygens (including phenoxy) is 1. The van der Waals surface area contributed by atoms with Crippen LogP contribution in [0.2, 0.25) is 0 Å². The average Bonchev–Trinajstić information content (AvgIpc) is 2.83. The molecule has 2 N–H and O–H groups in total. The minimum atomic E-state index is -0.421. The highest BCUT2D eigenvalue weighted by molar-refractivity contribution is 7.71. The van der Waals surface area contributed by atoms with E-state index in [1.807, 2.05) is 18.4 Å². The van der Waals surface area contributed by atoms with Gasteiger partial charge in [0, 0.05) is 0 Å². The van der Waals surface area contributed by atoms with Gasteiger partial charge in [0.25, 0.3) is 0 Å². The zero-order valence-electron chi connectivity index (χ0n) is 8.79. The van der Waals surface area contributed by atoms with Crippen molar-refractivity contribution in [3.05, 3.63) is 27.5 Å². The molecule has 2 heterocycles. The van der Waals surface area contributed by atoms with Crippen molar-refractivity contribution in [1.29, 1.82) is 0 Å². The monoisotopic (exact) mass is 254 g/mol. The van der Waals surface area contributed by atoms with E-state index in [0.29, 0.717) is 16.2 Å². The maximum absolute atomic E-state index is 11.5. The zero-order chi connectivity index (χ0) is 11.7. The third-order valence-corrected chi connectivity index (χ3v) is 3.44. The minimum absolute atomic E-state index is 0.373.